The molecule has 0 aliphatic rings. The molecule has 9 heteroatoms. The number of nitrogens with one attached hydrogen (secondary N) is 2. The Morgan fingerprint density at radius 1 is 1.27 bits per heavy atom. The number of carbonyl (C=O) groups is 3. The second-order valence-corrected chi connectivity index (χ2v) is 5.33. The number of rotatable bonds is 7. The predicted molar refractivity (Wildman–Crippen MR) is 90.8 cm³/mol. The third kappa shape index (κ3) is 5.07. The van der Waals surface area contributed by atoms with Gasteiger partial charge in [-0.25, -0.2) is 0 Å². The number of esters is 1. The van der Waals surface area contributed by atoms with Crippen LogP contribution in [0.2, 0.25) is 0 Å². The van der Waals surface area contributed by atoms with E-state index in [1.54, 1.807) is 31.2 Å². The number of ether oxygens (including phenoxy) is 2. The minimum absolute atomic E-state index is 0.222. The van der Waals surface area contributed by atoms with E-state index in [0.29, 0.717) is 11.5 Å². The lowest BCUT2D eigenvalue weighted by Gasteiger charge is -2.13. The van der Waals surface area contributed by atoms with Crippen LogP contribution in [0.25, 0.3) is 0 Å². The summed E-state index contributed by atoms with van der Waals surface area (Å²) in [4.78, 5) is 35.8. The molecular weight excluding hydrogens is 342 g/mol. The van der Waals surface area contributed by atoms with Gasteiger partial charge in [0, 0.05) is 6.07 Å². The van der Waals surface area contributed by atoms with E-state index in [-0.39, 0.29) is 11.4 Å². The van der Waals surface area contributed by atoms with Gasteiger partial charge in [0.15, 0.2) is 11.9 Å². The molecule has 0 unspecified atom stereocenters. The molecule has 0 aliphatic carbocycles. The summed E-state index contributed by atoms with van der Waals surface area (Å²) in [5.74, 6) is -0.678. The molecule has 2 N–H and O–H groups in total. The van der Waals surface area contributed by atoms with Crippen LogP contribution in [0.5, 0.6) is 5.75 Å². The van der Waals surface area contributed by atoms with E-state index in [2.05, 4.69) is 15.8 Å². The van der Waals surface area contributed by atoms with Gasteiger partial charge in [0.1, 0.15) is 18.1 Å². The molecule has 0 saturated heterocycles. The number of amides is 2. The number of para-hydroxylation sites is 1. The highest BCUT2D eigenvalue weighted by Crippen LogP contribution is 2.16. The molecule has 1 atom stereocenters. The summed E-state index contributed by atoms with van der Waals surface area (Å²) < 4.78 is 14.9. The first-order chi connectivity index (χ1) is 12.4. The second-order valence-electron chi connectivity index (χ2n) is 5.33. The molecule has 0 radical (unpaired) electrons. The molecule has 0 aliphatic heterocycles. The number of methoxy groups -OCH3 is 1. The van der Waals surface area contributed by atoms with E-state index in [4.69, 9.17) is 14.0 Å². The Labute approximate surface area is 149 Å². The molecule has 0 bridgehead atoms. The lowest BCUT2D eigenvalue weighted by Crippen LogP contribution is -2.36. The van der Waals surface area contributed by atoms with Crippen molar-refractivity contribution in [3.63, 3.8) is 0 Å². The highest BCUT2D eigenvalue weighted by atomic mass is 16.5. The maximum Gasteiger partial charge on any atom is 0.326 e. The largest absolute Gasteiger partial charge is 0.496 e. The number of aryl methyl sites for hydroxylation is 1. The fourth-order valence-electron chi connectivity index (χ4n) is 2.03. The van der Waals surface area contributed by atoms with Crippen LogP contribution in [-0.4, -0.2) is 42.7 Å². The number of hydrogen-bond acceptors (Lipinski definition) is 7. The van der Waals surface area contributed by atoms with Crippen molar-refractivity contribution in [2.45, 2.75) is 20.0 Å². The third-order valence-electron chi connectivity index (χ3n) is 3.30. The summed E-state index contributed by atoms with van der Waals surface area (Å²) in [5.41, 5.74) is 0.287. The van der Waals surface area contributed by atoms with Gasteiger partial charge in [0.25, 0.3) is 11.8 Å². The Kier molecular flexibility index (Phi) is 6.31. The first-order valence-electron chi connectivity index (χ1n) is 7.75. The average Bonchev–Trinajstić information content (AvgIpc) is 3.04. The van der Waals surface area contributed by atoms with Gasteiger partial charge < -0.3 is 24.6 Å². The van der Waals surface area contributed by atoms with Crippen LogP contribution in [0.1, 0.15) is 23.0 Å². The molecule has 1 aromatic carbocycles. The van der Waals surface area contributed by atoms with E-state index in [0.717, 1.165) is 0 Å². The summed E-state index contributed by atoms with van der Waals surface area (Å²) in [6, 6.07) is 8.12. The Bertz CT molecular complexity index is 801. The molecule has 0 fully saturated rings. The van der Waals surface area contributed by atoms with Gasteiger partial charge in [0.05, 0.1) is 12.7 Å². The van der Waals surface area contributed by atoms with Gasteiger partial charge in [-0.1, -0.05) is 17.3 Å². The molecule has 1 heterocycles. The minimum Gasteiger partial charge on any atom is -0.496 e. The number of nitrogens with zero attached hydrogens (tertiary/aromatic N) is 1. The van der Waals surface area contributed by atoms with Crippen LogP contribution < -0.4 is 15.4 Å². The third-order valence-corrected chi connectivity index (χ3v) is 3.30. The Balaban J connectivity index is 1.82. The molecule has 2 rings (SSSR count). The maximum atomic E-state index is 12.1. The van der Waals surface area contributed by atoms with Crippen LogP contribution in [0.15, 0.2) is 34.9 Å². The zero-order valence-electron chi connectivity index (χ0n) is 14.6. The van der Waals surface area contributed by atoms with Crippen LogP contribution in [0.3, 0.4) is 0 Å². The number of hydrogen-bond donors (Lipinski definition) is 2. The summed E-state index contributed by atoms with van der Waals surface area (Å²) in [5, 5.41) is 8.48. The van der Waals surface area contributed by atoms with Gasteiger partial charge >= 0.3 is 5.97 Å². The molecule has 138 valence electrons. The van der Waals surface area contributed by atoms with Crippen molar-refractivity contribution in [2.75, 3.05) is 19.0 Å². The van der Waals surface area contributed by atoms with Crippen molar-refractivity contribution >= 4 is 23.6 Å². The number of aromatic nitrogens is 1. The summed E-state index contributed by atoms with van der Waals surface area (Å²) in [6.07, 6.45) is -1.07. The molecule has 9 nitrogen and oxygen atoms in total. The Morgan fingerprint density at radius 3 is 2.65 bits per heavy atom. The quantitative estimate of drug-likeness (QED) is 0.713. The summed E-state index contributed by atoms with van der Waals surface area (Å²) >= 11 is 0. The topological polar surface area (TPSA) is 120 Å². The van der Waals surface area contributed by atoms with Crippen molar-refractivity contribution in [3.05, 3.63) is 41.7 Å². The van der Waals surface area contributed by atoms with E-state index < -0.39 is 30.4 Å². The molecule has 1 aromatic heterocycles. The van der Waals surface area contributed by atoms with Crippen molar-refractivity contribution < 1.29 is 28.4 Å². The first kappa shape index (κ1) is 19.0. The normalized spacial score (nSPS) is 11.3. The summed E-state index contributed by atoms with van der Waals surface area (Å²) in [6.45, 7) is 2.69. The van der Waals surface area contributed by atoms with Crippen LogP contribution in [-0.2, 0) is 14.3 Å². The zero-order chi connectivity index (χ0) is 19.1. The average molecular weight is 361 g/mol. The van der Waals surface area contributed by atoms with Gasteiger partial charge in [0.2, 0.25) is 0 Å². The van der Waals surface area contributed by atoms with Crippen LogP contribution in [0.4, 0.5) is 5.82 Å². The highest BCUT2D eigenvalue weighted by Gasteiger charge is 2.20. The fourth-order valence-corrected chi connectivity index (χ4v) is 2.03. The smallest absolute Gasteiger partial charge is 0.326 e. The lowest BCUT2D eigenvalue weighted by molar-refractivity contribution is -0.152. The minimum atomic E-state index is -1.07. The van der Waals surface area contributed by atoms with Crippen molar-refractivity contribution in [1.82, 2.24) is 10.5 Å². The van der Waals surface area contributed by atoms with E-state index >= 15 is 0 Å². The molecule has 2 aromatic rings. The number of carbonyl (C=O) groups excluding carboxylic acids is 3. The fraction of sp³-hybridized carbons (Fsp3) is 0.294. The second kappa shape index (κ2) is 8.65. The van der Waals surface area contributed by atoms with Gasteiger partial charge in [-0.3, -0.25) is 14.4 Å². The molecule has 2 amide bonds. The molecular formula is C17H19N3O6. The maximum absolute atomic E-state index is 12.1. The number of anilines is 1. The number of benzene rings is 1. The first-order valence-corrected chi connectivity index (χ1v) is 7.75. The van der Waals surface area contributed by atoms with Crippen molar-refractivity contribution in [2.24, 2.45) is 0 Å². The van der Waals surface area contributed by atoms with Gasteiger partial charge in [-0.15, -0.1) is 0 Å². The van der Waals surface area contributed by atoms with E-state index in [9.17, 15) is 14.4 Å². The van der Waals surface area contributed by atoms with Crippen LogP contribution in [0, 0.1) is 6.92 Å². The van der Waals surface area contributed by atoms with Gasteiger partial charge in [-0.05, 0) is 26.0 Å². The monoisotopic (exact) mass is 361 g/mol. The highest BCUT2D eigenvalue weighted by molar-refractivity contribution is 5.99. The SMILES string of the molecule is COc1ccccc1C(=O)NCC(=O)O[C@@H](C)C(=O)Nc1cc(C)on1. The van der Waals surface area contributed by atoms with Crippen molar-refractivity contribution in [1.29, 1.82) is 0 Å². The summed E-state index contributed by atoms with van der Waals surface area (Å²) in [7, 11) is 1.44. The molecule has 26 heavy (non-hydrogen) atoms. The molecule has 0 saturated carbocycles. The van der Waals surface area contributed by atoms with Crippen molar-refractivity contribution in [3.8, 4) is 5.75 Å². The van der Waals surface area contributed by atoms with E-state index in [1.807, 2.05) is 0 Å². The zero-order valence-corrected chi connectivity index (χ0v) is 14.6. The lowest BCUT2D eigenvalue weighted by atomic mass is 10.2. The predicted octanol–water partition coefficient (Wildman–Crippen LogP) is 1.29. The van der Waals surface area contributed by atoms with Crippen LogP contribution >= 0.6 is 0 Å². The standard InChI is InChI=1S/C17H19N3O6/c1-10-8-14(20-26-10)19-16(22)11(2)25-15(21)9-18-17(23)12-6-4-5-7-13(12)24-3/h4-8,11H,9H2,1-3H3,(H,18,23)(H,19,20,22)/t11-/m0/s1. The Morgan fingerprint density at radius 2 is 2.00 bits per heavy atom. The Hall–Kier alpha value is -3.36. The van der Waals surface area contributed by atoms with Gasteiger partial charge in [-0.2, -0.15) is 0 Å². The molecule has 0 spiro atoms. The van der Waals surface area contributed by atoms with E-state index in [1.165, 1.54) is 20.1 Å².